The van der Waals surface area contributed by atoms with Crippen LogP contribution in [0.15, 0.2) is 24.3 Å². The summed E-state index contributed by atoms with van der Waals surface area (Å²) in [4.78, 5) is 2.18. The van der Waals surface area contributed by atoms with Crippen LogP contribution in [0.5, 0.6) is 5.75 Å². The third-order valence-corrected chi connectivity index (χ3v) is 2.87. The number of hydrogen-bond donors (Lipinski definition) is 1. The van der Waals surface area contributed by atoms with Gasteiger partial charge >= 0.3 is 6.36 Å². The van der Waals surface area contributed by atoms with Crippen molar-refractivity contribution >= 4 is 0 Å². The van der Waals surface area contributed by atoms with E-state index in [0.717, 1.165) is 25.1 Å². The molecule has 0 aliphatic carbocycles. The zero-order valence-corrected chi connectivity index (χ0v) is 9.78. The highest BCUT2D eigenvalue weighted by molar-refractivity contribution is 5.27. The normalized spacial score (nSPS) is 21.2. The van der Waals surface area contributed by atoms with Crippen LogP contribution >= 0.6 is 0 Å². The lowest BCUT2D eigenvalue weighted by Gasteiger charge is -2.15. The molecule has 3 nitrogen and oxygen atoms in total. The predicted molar refractivity (Wildman–Crippen MR) is 61.0 cm³/mol. The van der Waals surface area contributed by atoms with Gasteiger partial charge < -0.3 is 10.5 Å². The van der Waals surface area contributed by atoms with Gasteiger partial charge in [0.15, 0.2) is 0 Å². The summed E-state index contributed by atoms with van der Waals surface area (Å²) in [5, 5.41) is 0. The Morgan fingerprint density at radius 3 is 2.44 bits per heavy atom. The molecule has 1 aromatic rings. The molecule has 0 bridgehead atoms. The summed E-state index contributed by atoms with van der Waals surface area (Å²) < 4.78 is 39.7. The van der Waals surface area contributed by atoms with Crippen LogP contribution < -0.4 is 10.5 Å². The molecule has 1 aromatic carbocycles. The summed E-state index contributed by atoms with van der Waals surface area (Å²) in [5.41, 5.74) is 6.74. The number of hydrogen-bond acceptors (Lipinski definition) is 3. The summed E-state index contributed by atoms with van der Waals surface area (Å²) in [5.74, 6) is -0.190. The van der Waals surface area contributed by atoms with Crippen LogP contribution in [0.1, 0.15) is 12.0 Å². The lowest BCUT2D eigenvalue weighted by molar-refractivity contribution is -0.274. The van der Waals surface area contributed by atoms with E-state index in [4.69, 9.17) is 5.73 Å². The molecule has 0 unspecified atom stereocenters. The molecule has 0 aromatic heterocycles. The van der Waals surface area contributed by atoms with Crippen molar-refractivity contribution in [2.24, 2.45) is 5.73 Å². The van der Waals surface area contributed by atoms with Gasteiger partial charge in [0.2, 0.25) is 0 Å². The number of likely N-dealkylation sites (tertiary alicyclic amines) is 1. The maximum atomic E-state index is 12.0. The highest BCUT2D eigenvalue weighted by atomic mass is 19.4. The Labute approximate surface area is 103 Å². The minimum Gasteiger partial charge on any atom is -0.406 e. The van der Waals surface area contributed by atoms with Crippen molar-refractivity contribution in [3.8, 4) is 5.75 Å². The van der Waals surface area contributed by atoms with Crippen molar-refractivity contribution in [3.63, 3.8) is 0 Å². The van der Waals surface area contributed by atoms with Crippen molar-refractivity contribution in [1.82, 2.24) is 4.90 Å². The smallest absolute Gasteiger partial charge is 0.406 e. The fraction of sp³-hybridized carbons (Fsp3) is 0.500. The third-order valence-electron chi connectivity index (χ3n) is 2.87. The summed E-state index contributed by atoms with van der Waals surface area (Å²) in [7, 11) is 0. The van der Waals surface area contributed by atoms with Crippen molar-refractivity contribution in [2.45, 2.75) is 25.4 Å². The van der Waals surface area contributed by atoms with Crippen LogP contribution in [0.4, 0.5) is 13.2 Å². The van der Waals surface area contributed by atoms with E-state index in [0.29, 0.717) is 6.54 Å². The van der Waals surface area contributed by atoms with Crippen molar-refractivity contribution in [1.29, 1.82) is 0 Å². The fourth-order valence-electron chi connectivity index (χ4n) is 2.06. The SMILES string of the molecule is N[C@H]1CCN(Cc2ccc(OC(F)(F)F)cc2)C1. The Bertz CT molecular complexity index is 391. The molecule has 0 radical (unpaired) electrons. The van der Waals surface area contributed by atoms with Crippen LogP contribution in [-0.4, -0.2) is 30.4 Å². The number of halogens is 3. The number of alkyl halides is 3. The summed E-state index contributed by atoms with van der Waals surface area (Å²) in [6, 6.07) is 6.16. The minimum atomic E-state index is -4.64. The molecule has 1 saturated heterocycles. The van der Waals surface area contributed by atoms with Gasteiger partial charge in [0.1, 0.15) is 5.75 Å². The average molecular weight is 260 g/mol. The molecule has 1 heterocycles. The first-order valence-corrected chi connectivity index (χ1v) is 5.75. The Kier molecular flexibility index (Phi) is 3.77. The highest BCUT2D eigenvalue weighted by Crippen LogP contribution is 2.23. The van der Waals surface area contributed by atoms with Gasteiger partial charge in [-0.1, -0.05) is 12.1 Å². The van der Waals surface area contributed by atoms with Gasteiger partial charge in [0, 0.05) is 25.7 Å². The molecule has 2 N–H and O–H groups in total. The molecule has 1 aliphatic heterocycles. The molecule has 18 heavy (non-hydrogen) atoms. The number of rotatable bonds is 3. The molecule has 6 heteroatoms. The third kappa shape index (κ3) is 3.89. The molecule has 0 spiro atoms. The first-order chi connectivity index (χ1) is 8.42. The van der Waals surface area contributed by atoms with E-state index in [1.54, 1.807) is 12.1 Å². The topological polar surface area (TPSA) is 38.5 Å². The van der Waals surface area contributed by atoms with Gasteiger partial charge in [-0.25, -0.2) is 0 Å². The van der Waals surface area contributed by atoms with Crippen LogP contribution in [0.3, 0.4) is 0 Å². The van der Waals surface area contributed by atoms with Gasteiger partial charge in [-0.05, 0) is 24.1 Å². The average Bonchev–Trinajstić information content (AvgIpc) is 2.65. The van der Waals surface area contributed by atoms with Crippen LogP contribution in [0, 0.1) is 0 Å². The lowest BCUT2D eigenvalue weighted by Crippen LogP contribution is -2.26. The van der Waals surface area contributed by atoms with E-state index in [9.17, 15) is 13.2 Å². The molecular weight excluding hydrogens is 245 g/mol. The van der Waals surface area contributed by atoms with E-state index in [1.807, 2.05) is 0 Å². The van der Waals surface area contributed by atoms with E-state index >= 15 is 0 Å². The number of nitrogens with two attached hydrogens (primary N) is 1. The second-order valence-electron chi connectivity index (χ2n) is 4.48. The summed E-state index contributed by atoms with van der Waals surface area (Å²) in [6.45, 7) is 2.47. The van der Waals surface area contributed by atoms with E-state index in [1.165, 1.54) is 12.1 Å². The molecule has 0 amide bonds. The predicted octanol–water partition coefficient (Wildman–Crippen LogP) is 2.12. The van der Waals surface area contributed by atoms with Crippen LogP contribution in [0.25, 0.3) is 0 Å². The second kappa shape index (κ2) is 5.16. The lowest BCUT2D eigenvalue weighted by atomic mass is 10.2. The van der Waals surface area contributed by atoms with Gasteiger partial charge in [-0.3, -0.25) is 4.90 Å². The molecular formula is C12H15F3N2O. The number of benzene rings is 1. The number of ether oxygens (including phenoxy) is 1. The molecule has 1 aliphatic rings. The first kappa shape index (κ1) is 13.2. The maximum absolute atomic E-state index is 12.0. The van der Waals surface area contributed by atoms with Gasteiger partial charge in [-0.15, -0.1) is 13.2 Å². The maximum Gasteiger partial charge on any atom is 0.573 e. The van der Waals surface area contributed by atoms with Crippen molar-refractivity contribution in [2.75, 3.05) is 13.1 Å². The Hall–Kier alpha value is -1.27. The number of nitrogens with zero attached hydrogens (tertiary/aromatic N) is 1. The Morgan fingerprint density at radius 1 is 1.28 bits per heavy atom. The van der Waals surface area contributed by atoms with E-state index in [2.05, 4.69) is 9.64 Å². The highest BCUT2D eigenvalue weighted by Gasteiger charge is 2.31. The molecule has 100 valence electrons. The van der Waals surface area contributed by atoms with Crippen molar-refractivity contribution in [3.05, 3.63) is 29.8 Å². The molecule has 1 atom stereocenters. The van der Waals surface area contributed by atoms with Crippen molar-refractivity contribution < 1.29 is 17.9 Å². The summed E-state index contributed by atoms with van der Waals surface area (Å²) >= 11 is 0. The zero-order chi connectivity index (χ0) is 13.2. The van der Waals surface area contributed by atoms with Gasteiger partial charge in [-0.2, -0.15) is 0 Å². The van der Waals surface area contributed by atoms with Gasteiger partial charge in [0.05, 0.1) is 0 Å². The van der Waals surface area contributed by atoms with Gasteiger partial charge in [0.25, 0.3) is 0 Å². The first-order valence-electron chi connectivity index (χ1n) is 5.75. The van der Waals surface area contributed by atoms with Crippen LogP contribution in [-0.2, 0) is 6.54 Å². The standard InChI is InChI=1S/C12H15F3N2O/c13-12(14,15)18-11-3-1-9(2-4-11)7-17-6-5-10(16)8-17/h1-4,10H,5-8,16H2/t10-/m0/s1. The zero-order valence-electron chi connectivity index (χ0n) is 9.78. The molecule has 0 saturated carbocycles. The molecule has 1 fully saturated rings. The van der Waals surface area contributed by atoms with E-state index in [-0.39, 0.29) is 11.8 Å². The second-order valence-corrected chi connectivity index (χ2v) is 4.48. The monoisotopic (exact) mass is 260 g/mol. The quantitative estimate of drug-likeness (QED) is 0.904. The fourth-order valence-corrected chi connectivity index (χ4v) is 2.06. The minimum absolute atomic E-state index is 0.190. The largest absolute Gasteiger partial charge is 0.573 e. The molecule has 2 rings (SSSR count). The Morgan fingerprint density at radius 2 is 1.94 bits per heavy atom. The summed E-state index contributed by atoms with van der Waals surface area (Å²) in [6.07, 6.45) is -3.67. The van der Waals surface area contributed by atoms with Crippen LogP contribution in [0.2, 0.25) is 0 Å². The Balaban J connectivity index is 1.91. The van der Waals surface area contributed by atoms with E-state index < -0.39 is 6.36 Å².